The lowest BCUT2D eigenvalue weighted by molar-refractivity contribution is 0.870. The van der Waals surface area contributed by atoms with E-state index in [2.05, 4.69) is 38.9 Å². The summed E-state index contributed by atoms with van der Waals surface area (Å²) < 4.78 is 0. The van der Waals surface area contributed by atoms with E-state index in [-0.39, 0.29) is 5.28 Å². The van der Waals surface area contributed by atoms with Crippen LogP contribution in [0.15, 0.2) is 24.3 Å². The minimum Gasteiger partial charge on any atom is -0.341 e. The Labute approximate surface area is 129 Å². The fourth-order valence-electron chi connectivity index (χ4n) is 2.49. The van der Waals surface area contributed by atoms with Gasteiger partial charge in [-0.1, -0.05) is 12.1 Å². The molecular weight excluding hydrogens is 286 g/mol. The van der Waals surface area contributed by atoms with Crippen molar-refractivity contribution in [2.45, 2.75) is 19.8 Å². The second-order valence-electron chi connectivity index (χ2n) is 5.30. The Morgan fingerprint density at radius 2 is 1.90 bits per heavy atom. The van der Waals surface area contributed by atoms with Crippen molar-refractivity contribution in [3.05, 3.63) is 35.1 Å². The highest BCUT2D eigenvalue weighted by Crippen LogP contribution is 2.25. The molecule has 110 valence electrons. The lowest BCUT2D eigenvalue weighted by atomic mass is 10.2. The van der Waals surface area contributed by atoms with Gasteiger partial charge in [0.1, 0.15) is 0 Å². The average molecular weight is 304 g/mol. The molecule has 3 rings (SSSR count). The van der Waals surface area contributed by atoms with Gasteiger partial charge in [0.2, 0.25) is 17.2 Å². The minimum atomic E-state index is 0.237. The summed E-state index contributed by atoms with van der Waals surface area (Å²) in [5.41, 5.74) is 2.23. The number of aromatic nitrogens is 3. The van der Waals surface area contributed by atoms with Gasteiger partial charge in [-0.05, 0) is 49.1 Å². The molecule has 0 saturated carbocycles. The second-order valence-corrected chi connectivity index (χ2v) is 5.63. The van der Waals surface area contributed by atoms with Crippen LogP contribution in [0.2, 0.25) is 5.28 Å². The molecule has 1 aliphatic rings. The normalized spacial score (nSPS) is 14.5. The Hall–Kier alpha value is -1.88. The van der Waals surface area contributed by atoms with Gasteiger partial charge >= 0.3 is 0 Å². The fraction of sp³-hybridized carbons (Fsp3) is 0.400. The maximum absolute atomic E-state index is 6.08. The quantitative estimate of drug-likeness (QED) is 0.871. The van der Waals surface area contributed by atoms with Crippen LogP contribution in [0.3, 0.4) is 0 Å². The first-order chi connectivity index (χ1) is 10.1. The zero-order valence-corrected chi connectivity index (χ0v) is 13.0. The Morgan fingerprint density at radius 3 is 2.62 bits per heavy atom. The number of rotatable bonds is 3. The number of nitrogens with zero attached hydrogens (tertiary/aromatic N) is 5. The lowest BCUT2D eigenvalue weighted by Gasteiger charge is -2.20. The summed E-state index contributed by atoms with van der Waals surface area (Å²) in [4.78, 5) is 17.2. The third-order valence-corrected chi connectivity index (χ3v) is 3.83. The van der Waals surface area contributed by atoms with Crippen molar-refractivity contribution in [1.29, 1.82) is 0 Å². The maximum Gasteiger partial charge on any atom is 0.235 e. The molecule has 21 heavy (non-hydrogen) atoms. The molecule has 2 heterocycles. The molecule has 0 amide bonds. The number of benzene rings is 1. The van der Waals surface area contributed by atoms with E-state index < -0.39 is 0 Å². The van der Waals surface area contributed by atoms with E-state index in [1.807, 2.05) is 24.1 Å². The third-order valence-electron chi connectivity index (χ3n) is 3.66. The molecule has 0 aliphatic carbocycles. The van der Waals surface area contributed by atoms with Gasteiger partial charge in [-0.15, -0.1) is 0 Å². The van der Waals surface area contributed by atoms with E-state index in [0.717, 1.165) is 18.8 Å². The Kier molecular flexibility index (Phi) is 3.92. The van der Waals surface area contributed by atoms with E-state index in [1.54, 1.807) is 0 Å². The Balaban J connectivity index is 1.94. The first kappa shape index (κ1) is 14.1. The predicted molar refractivity (Wildman–Crippen MR) is 85.5 cm³/mol. The number of anilines is 3. The van der Waals surface area contributed by atoms with Crippen molar-refractivity contribution in [1.82, 2.24) is 15.0 Å². The van der Waals surface area contributed by atoms with Crippen molar-refractivity contribution in [2.24, 2.45) is 0 Å². The Bertz CT molecular complexity index is 640. The molecule has 1 saturated heterocycles. The smallest absolute Gasteiger partial charge is 0.235 e. The van der Waals surface area contributed by atoms with Crippen molar-refractivity contribution < 1.29 is 0 Å². The molecule has 1 fully saturated rings. The summed E-state index contributed by atoms with van der Waals surface area (Å²) in [6.07, 6.45) is 2.35. The van der Waals surface area contributed by atoms with Crippen LogP contribution in [0.4, 0.5) is 17.6 Å². The molecule has 0 bridgehead atoms. The molecular formula is C15H18ClN5. The number of halogens is 1. The first-order valence-electron chi connectivity index (χ1n) is 7.10. The standard InChI is InChI=1S/C15H18ClN5/c1-11-6-5-7-12(10-11)20(2)14-17-13(16)18-15(19-14)21-8-3-4-9-21/h5-7,10H,3-4,8-9H2,1-2H3. The molecule has 0 N–H and O–H groups in total. The van der Waals surface area contributed by atoms with Crippen LogP contribution < -0.4 is 9.80 Å². The van der Waals surface area contributed by atoms with Crippen molar-refractivity contribution in [2.75, 3.05) is 29.9 Å². The monoisotopic (exact) mass is 303 g/mol. The summed E-state index contributed by atoms with van der Waals surface area (Å²) in [6, 6.07) is 8.20. The van der Waals surface area contributed by atoms with Crippen LogP contribution in [0.1, 0.15) is 18.4 Å². The molecule has 1 aromatic carbocycles. The van der Waals surface area contributed by atoms with Gasteiger partial charge in [0.15, 0.2) is 0 Å². The number of aryl methyl sites for hydroxylation is 1. The topological polar surface area (TPSA) is 45.2 Å². The van der Waals surface area contributed by atoms with E-state index in [9.17, 15) is 0 Å². The third kappa shape index (κ3) is 3.08. The summed E-state index contributed by atoms with van der Waals surface area (Å²) in [5, 5.41) is 0.237. The highest BCUT2D eigenvalue weighted by molar-refractivity contribution is 6.28. The van der Waals surface area contributed by atoms with E-state index in [0.29, 0.717) is 11.9 Å². The van der Waals surface area contributed by atoms with Crippen LogP contribution in [0.25, 0.3) is 0 Å². The molecule has 0 atom stereocenters. The zero-order valence-electron chi connectivity index (χ0n) is 12.3. The van der Waals surface area contributed by atoms with Gasteiger partial charge < -0.3 is 9.80 Å². The largest absolute Gasteiger partial charge is 0.341 e. The van der Waals surface area contributed by atoms with Crippen molar-refractivity contribution in [3.63, 3.8) is 0 Å². The fourth-order valence-corrected chi connectivity index (χ4v) is 2.64. The van der Waals surface area contributed by atoms with Gasteiger partial charge in [0, 0.05) is 25.8 Å². The zero-order chi connectivity index (χ0) is 14.8. The molecule has 1 aromatic heterocycles. The van der Waals surface area contributed by atoms with Crippen LogP contribution in [0, 0.1) is 6.92 Å². The molecule has 0 unspecified atom stereocenters. The summed E-state index contributed by atoms with van der Waals surface area (Å²) in [5.74, 6) is 1.24. The summed E-state index contributed by atoms with van der Waals surface area (Å²) in [7, 11) is 1.94. The van der Waals surface area contributed by atoms with Crippen LogP contribution in [-0.2, 0) is 0 Å². The SMILES string of the molecule is Cc1cccc(N(C)c2nc(Cl)nc(N3CCCC3)n2)c1. The molecule has 1 aliphatic heterocycles. The molecule has 0 spiro atoms. The summed E-state index contributed by atoms with van der Waals surface area (Å²) in [6.45, 7) is 4.02. The minimum absolute atomic E-state index is 0.237. The first-order valence-corrected chi connectivity index (χ1v) is 7.48. The van der Waals surface area contributed by atoms with Gasteiger partial charge in [0.05, 0.1) is 0 Å². The predicted octanol–water partition coefficient (Wildman–Crippen LogP) is 3.20. The highest BCUT2D eigenvalue weighted by Gasteiger charge is 2.18. The van der Waals surface area contributed by atoms with E-state index in [1.165, 1.54) is 18.4 Å². The average Bonchev–Trinajstić information content (AvgIpc) is 3.00. The van der Waals surface area contributed by atoms with Gasteiger partial charge in [0.25, 0.3) is 0 Å². The van der Waals surface area contributed by atoms with Crippen molar-refractivity contribution in [3.8, 4) is 0 Å². The van der Waals surface area contributed by atoms with E-state index >= 15 is 0 Å². The van der Waals surface area contributed by atoms with Crippen LogP contribution in [0.5, 0.6) is 0 Å². The van der Waals surface area contributed by atoms with Gasteiger partial charge in [-0.3, -0.25) is 0 Å². The van der Waals surface area contributed by atoms with Gasteiger partial charge in [-0.25, -0.2) is 0 Å². The molecule has 5 nitrogen and oxygen atoms in total. The maximum atomic E-state index is 6.08. The van der Waals surface area contributed by atoms with E-state index in [4.69, 9.17) is 11.6 Å². The number of hydrogen-bond acceptors (Lipinski definition) is 5. The Morgan fingerprint density at radius 1 is 1.14 bits per heavy atom. The van der Waals surface area contributed by atoms with Crippen LogP contribution >= 0.6 is 11.6 Å². The molecule has 0 radical (unpaired) electrons. The second kappa shape index (κ2) is 5.85. The number of hydrogen-bond donors (Lipinski definition) is 0. The summed E-state index contributed by atoms with van der Waals surface area (Å²) >= 11 is 6.08. The lowest BCUT2D eigenvalue weighted by Crippen LogP contribution is -2.23. The van der Waals surface area contributed by atoms with Crippen molar-refractivity contribution >= 4 is 29.2 Å². The molecule has 6 heteroatoms. The van der Waals surface area contributed by atoms with Gasteiger partial charge in [-0.2, -0.15) is 15.0 Å². The highest BCUT2D eigenvalue weighted by atomic mass is 35.5. The molecule has 2 aromatic rings. The van der Waals surface area contributed by atoms with Crippen LogP contribution in [-0.4, -0.2) is 35.1 Å².